The molecule has 0 unspecified atom stereocenters. The van der Waals surface area contributed by atoms with Crippen LogP contribution in [0.5, 0.6) is 0 Å². The average Bonchev–Trinajstić information content (AvgIpc) is 2.47. The highest BCUT2D eigenvalue weighted by Crippen LogP contribution is 2.11. The number of aliphatic hydroxyl groups is 1. The van der Waals surface area contributed by atoms with E-state index in [0.717, 1.165) is 0 Å². The molecule has 1 aliphatic heterocycles. The van der Waals surface area contributed by atoms with Gasteiger partial charge in [0, 0.05) is 13.0 Å². The molecule has 1 fully saturated rings. The van der Waals surface area contributed by atoms with Crippen LogP contribution in [0.1, 0.15) is 6.42 Å². The Morgan fingerprint density at radius 3 is 2.92 bits per heavy atom. The van der Waals surface area contributed by atoms with E-state index in [0.29, 0.717) is 26.2 Å². The van der Waals surface area contributed by atoms with Crippen molar-refractivity contribution in [3.63, 3.8) is 0 Å². The van der Waals surface area contributed by atoms with E-state index in [4.69, 9.17) is 10.00 Å². The molecule has 0 aromatic carbocycles. The summed E-state index contributed by atoms with van der Waals surface area (Å²) >= 11 is 0. The number of aliphatic hydroxyl groups excluding tert-OH is 1. The van der Waals surface area contributed by atoms with E-state index in [1.54, 1.807) is 0 Å². The molecule has 1 saturated heterocycles. The van der Waals surface area contributed by atoms with Crippen molar-refractivity contribution in [3.8, 4) is 6.07 Å². The quantitative estimate of drug-likeness (QED) is 0.625. The van der Waals surface area contributed by atoms with Crippen molar-refractivity contribution in [3.05, 3.63) is 0 Å². The molecule has 0 spiro atoms. The molecule has 0 saturated carbocycles. The van der Waals surface area contributed by atoms with Crippen molar-refractivity contribution in [2.45, 2.75) is 18.6 Å². The van der Waals surface area contributed by atoms with Gasteiger partial charge in [-0.3, -0.25) is 4.90 Å². The second-order valence-electron chi connectivity index (χ2n) is 3.06. The Hall–Kier alpha value is -0.630. The highest BCUT2D eigenvalue weighted by atomic mass is 16.5. The van der Waals surface area contributed by atoms with E-state index in [-0.39, 0.29) is 6.04 Å². The first-order valence-corrected chi connectivity index (χ1v) is 4.08. The van der Waals surface area contributed by atoms with Gasteiger partial charge in [-0.25, -0.2) is 0 Å². The standard InChI is InChI=1S/C8H14N2O2/c1-10(4-2-3-9)7-5-12-6-8(7)11/h7-8,11H,2,4-6H2,1H3/t7-,8-/m1/s1. The summed E-state index contributed by atoms with van der Waals surface area (Å²) in [5.41, 5.74) is 0. The number of ether oxygens (including phenoxy) is 1. The van der Waals surface area contributed by atoms with Crippen LogP contribution in [-0.4, -0.2) is 49.0 Å². The predicted molar refractivity (Wildman–Crippen MR) is 43.5 cm³/mol. The fraction of sp³-hybridized carbons (Fsp3) is 0.875. The van der Waals surface area contributed by atoms with Gasteiger partial charge in [-0.15, -0.1) is 0 Å². The van der Waals surface area contributed by atoms with Gasteiger partial charge in [0.2, 0.25) is 0 Å². The van der Waals surface area contributed by atoms with Crippen LogP contribution in [-0.2, 0) is 4.74 Å². The number of hydrogen-bond acceptors (Lipinski definition) is 4. The second kappa shape index (κ2) is 4.41. The van der Waals surface area contributed by atoms with Crippen LogP contribution in [0.25, 0.3) is 0 Å². The summed E-state index contributed by atoms with van der Waals surface area (Å²) < 4.78 is 5.10. The Morgan fingerprint density at radius 2 is 2.42 bits per heavy atom. The van der Waals surface area contributed by atoms with E-state index in [1.807, 2.05) is 11.9 Å². The van der Waals surface area contributed by atoms with Gasteiger partial charge in [0.15, 0.2) is 0 Å². The summed E-state index contributed by atoms with van der Waals surface area (Å²) in [5.74, 6) is 0. The molecule has 0 amide bonds. The van der Waals surface area contributed by atoms with Crippen molar-refractivity contribution < 1.29 is 9.84 Å². The Morgan fingerprint density at radius 1 is 1.67 bits per heavy atom. The molecule has 2 atom stereocenters. The molecule has 12 heavy (non-hydrogen) atoms. The minimum absolute atomic E-state index is 0.0679. The summed E-state index contributed by atoms with van der Waals surface area (Å²) in [6, 6.07) is 2.14. The lowest BCUT2D eigenvalue weighted by molar-refractivity contribution is 0.0965. The topological polar surface area (TPSA) is 56.5 Å². The number of nitriles is 1. The molecular weight excluding hydrogens is 156 g/mol. The summed E-state index contributed by atoms with van der Waals surface area (Å²) in [7, 11) is 1.90. The molecule has 68 valence electrons. The van der Waals surface area contributed by atoms with Gasteiger partial charge in [-0.1, -0.05) is 0 Å². The zero-order valence-electron chi connectivity index (χ0n) is 7.23. The first-order valence-electron chi connectivity index (χ1n) is 4.08. The maximum absolute atomic E-state index is 9.41. The van der Waals surface area contributed by atoms with Crippen LogP contribution >= 0.6 is 0 Å². The number of rotatable bonds is 3. The summed E-state index contributed by atoms with van der Waals surface area (Å²) in [4.78, 5) is 1.97. The Balaban J connectivity index is 2.31. The van der Waals surface area contributed by atoms with Crippen LogP contribution in [0.4, 0.5) is 0 Å². The third-order valence-electron chi connectivity index (χ3n) is 2.16. The van der Waals surface area contributed by atoms with Gasteiger partial charge in [-0.05, 0) is 7.05 Å². The molecular formula is C8H14N2O2. The van der Waals surface area contributed by atoms with E-state index in [1.165, 1.54) is 0 Å². The molecule has 4 heteroatoms. The van der Waals surface area contributed by atoms with Crippen LogP contribution in [0.15, 0.2) is 0 Å². The van der Waals surface area contributed by atoms with Crippen LogP contribution in [0, 0.1) is 11.3 Å². The van der Waals surface area contributed by atoms with Crippen molar-refractivity contribution in [2.75, 3.05) is 26.8 Å². The fourth-order valence-corrected chi connectivity index (χ4v) is 1.34. The number of hydrogen-bond donors (Lipinski definition) is 1. The second-order valence-corrected chi connectivity index (χ2v) is 3.06. The predicted octanol–water partition coefficient (Wildman–Crippen LogP) is -0.408. The zero-order chi connectivity index (χ0) is 8.97. The molecule has 1 aliphatic rings. The van der Waals surface area contributed by atoms with Crippen LogP contribution in [0.2, 0.25) is 0 Å². The smallest absolute Gasteiger partial charge is 0.0950 e. The molecule has 0 aromatic heterocycles. The number of likely N-dealkylation sites (N-methyl/N-ethyl adjacent to an activating group) is 1. The van der Waals surface area contributed by atoms with E-state index in [9.17, 15) is 5.11 Å². The van der Waals surface area contributed by atoms with E-state index >= 15 is 0 Å². The van der Waals surface area contributed by atoms with Gasteiger partial charge < -0.3 is 9.84 Å². The third-order valence-corrected chi connectivity index (χ3v) is 2.16. The summed E-state index contributed by atoms with van der Waals surface area (Å²) in [6.07, 6.45) is 0.105. The molecule has 1 N–H and O–H groups in total. The van der Waals surface area contributed by atoms with Crippen molar-refractivity contribution >= 4 is 0 Å². The highest BCUT2D eigenvalue weighted by molar-refractivity contribution is 4.83. The largest absolute Gasteiger partial charge is 0.389 e. The van der Waals surface area contributed by atoms with Gasteiger partial charge >= 0.3 is 0 Å². The normalized spacial score (nSPS) is 29.2. The first kappa shape index (κ1) is 9.46. The molecule has 0 aromatic rings. The lowest BCUT2D eigenvalue weighted by Gasteiger charge is -2.24. The molecule has 0 bridgehead atoms. The maximum Gasteiger partial charge on any atom is 0.0950 e. The summed E-state index contributed by atoms with van der Waals surface area (Å²) in [5, 5.41) is 17.8. The maximum atomic E-state index is 9.41. The SMILES string of the molecule is CN(CCC#N)[C@@H]1COC[C@H]1O. The molecule has 1 rings (SSSR count). The third kappa shape index (κ3) is 2.18. The minimum atomic E-state index is -0.395. The van der Waals surface area contributed by atoms with Crippen molar-refractivity contribution in [1.29, 1.82) is 5.26 Å². The molecule has 4 nitrogen and oxygen atoms in total. The Labute approximate surface area is 72.3 Å². The van der Waals surface area contributed by atoms with E-state index < -0.39 is 6.10 Å². The van der Waals surface area contributed by atoms with Gasteiger partial charge in [0.25, 0.3) is 0 Å². The van der Waals surface area contributed by atoms with E-state index in [2.05, 4.69) is 6.07 Å². The highest BCUT2D eigenvalue weighted by Gasteiger charge is 2.29. The van der Waals surface area contributed by atoms with Gasteiger partial charge in [0.05, 0.1) is 31.4 Å². The van der Waals surface area contributed by atoms with Crippen LogP contribution < -0.4 is 0 Å². The number of nitrogens with zero attached hydrogens (tertiary/aromatic N) is 2. The Kier molecular flexibility index (Phi) is 3.48. The van der Waals surface area contributed by atoms with Gasteiger partial charge in [0.1, 0.15) is 0 Å². The fourth-order valence-electron chi connectivity index (χ4n) is 1.34. The zero-order valence-corrected chi connectivity index (χ0v) is 7.23. The molecule has 0 aliphatic carbocycles. The lowest BCUT2D eigenvalue weighted by atomic mass is 10.2. The molecule has 1 heterocycles. The minimum Gasteiger partial charge on any atom is -0.389 e. The first-order chi connectivity index (χ1) is 5.75. The lowest BCUT2D eigenvalue weighted by Crippen LogP contribution is -2.40. The van der Waals surface area contributed by atoms with Crippen molar-refractivity contribution in [2.24, 2.45) is 0 Å². The monoisotopic (exact) mass is 170 g/mol. The van der Waals surface area contributed by atoms with Crippen molar-refractivity contribution in [1.82, 2.24) is 4.90 Å². The summed E-state index contributed by atoms with van der Waals surface area (Å²) in [6.45, 7) is 1.69. The molecule has 0 radical (unpaired) electrons. The van der Waals surface area contributed by atoms with Gasteiger partial charge in [-0.2, -0.15) is 5.26 Å². The average molecular weight is 170 g/mol. The Bertz CT molecular complexity index is 178. The van der Waals surface area contributed by atoms with Crippen LogP contribution in [0.3, 0.4) is 0 Å².